The quantitative estimate of drug-likeness (QED) is 0.839. The number of carbonyl (C=O) groups excluding carboxylic acids is 1. The van der Waals surface area contributed by atoms with Crippen molar-refractivity contribution in [1.29, 1.82) is 0 Å². The first kappa shape index (κ1) is 18.9. The van der Waals surface area contributed by atoms with Crippen LogP contribution in [0.4, 0.5) is 10.5 Å². The van der Waals surface area contributed by atoms with Crippen molar-refractivity contribution in [1.82, 2.24) is 14.7 Å². The van der Waals surface area contributed by atoms with Crippen molar-refractivity contribution in [2.45, 2.75) is 32.4 Å². The van der Waals surface area contributed by atoms with Gasteiger partial charge in [0.05, 0.1) is 38.8 Å². The molecule has 1 aromatic carbocycles. The molecule has 1 aliphatic heterocycles. The molecule has 146 valence electrons. The number of hydrogen-bond acceptors (Lipinski definition) is 5. The zero-order valence-corrected chi connectivity index (χ0v) is 16.2. The Morgan fingerprint density at radius 3 is 2.52 bits per heavy atom. The van der Waals surface area contributed by atoms with Gasteiger partial charge in [0.1, 0.15) is 0 Å². The number of likely N-dealkylation sites (tertiary alicyclic amines) is 1. The van der Waals surface area contributed by atoms with Crippen LogP contribution < -0.4 is 19.5 Å². The predicted octanol–water partition coefficient (Wildman–Crippen LogP) is 3.30. The lowest BCUT2D eigenvalue weighted by Crippen LogP contribution is -2.35. The second-order valence-corrected chi connectivity index (χ2v) is 6.27. The Balaban J connectivity index is 1.82. The van der Waals surface area contributed by atoms with E-state index in [4.69, 9.17) is 14.2 Å². The van der Waals surface area contributed by atoms with Crippen LogP contribution in [0.5, 0.6) is 17.2 Å². The molecule has 3 rings (SSSR count). The lowest BCUT2D eigenvalue weighted by molar-refractivity contribution is 0.204. The van der Waals surface area contributed by atoms with Crippen molar-refractivity contribution in [3.63, 3.8) is 0 Å². The number of methoxy groups -OCH3 is 3. The molecule has 1 N–H and O–H groups in total. The predicted molar refractivity (Wildman–Crippen MR) is 102 cm³/mol. The Labute approximate surface area is 159 Å². The summed E-state index contributed by atoms with van der Waals surface area (Å²) < 4.78 is 18.0. The highest BCUT2D eigenvalue weighted by Crippen LogP contribution is 2.40. The van der Waals surface area contributed by atoms with Gasteiger partial charge in [0, 0.05) is 31.4 Å². The van der Waals surface area contributed by atoms with Gasteiger partial charge in [-0.3, -0.25) is 4.68 Å². The molecule has 1 atom stereocenters. The number of urea groups is 1. The summed E-state index contributed by atoms with van der Waals surface area (Å²) in [5.41, 5.74) is 1.65. The van der Waals surface area contributed by atoms with Crippen LogP contribution in [0.1, 0.15) is 31.5 Å². The molecule has 1 fully saturated rings. The minimum absolute atomic E-state index is 0.0227. The van der Waals surface area contributed by atoms with Gasteiger partial charge in [0.15, 0.2) is 11.5 Å². The van der Waals surface area contributed by atoms with E-state index in [1.54, 1.807) is 39.7 Å². The number of ether oxygens (including phenoxy) is 3. The van der Waals surface area contributed by atoms with Gasteiger partial charge in [-0.1, -0.05) is 0 Å². The lowest BCUT2D eigenvalue weighted by Gasteiger charge is -2.26. The highest BCUT2D eigenvalue weighted by Gasteiger charge is 2.32. The molecule has 1 aromatic heterocycles. The molecule has 1 saturated heterocycles. The maximum absolute atomic E-state index is 12.9. The number of nitrogens with one attached hydrogen (secondary N) is 1. The number of aryl methyl sites for hydroxylation is 1. The zero-order chi connectivity index (χ0) is 19.4. The molecule has 0 aliphatic carbocycles. The maximum atomic E-state index is 12.9. The van der Waals surface area contributed by atoms with Crippen LogP contribution in [0.3, 0.4) is 0 Å². The largest absolute Gasteiger partial charge is 0.493 e. The molecular formula is C19H26N4O4. The van der Waals surface area contributed by atoms with Crippen molar-refractivity contribution >= 4 is 11.7 Å². The van der Waals surface area contributed by atoms with Crippen molar-refractivity contribution < 1.29 is 19.0 Å². The number of rotatable bonds is 6. The van der Waals surface area contributed by atoms with Gasteiger partial charge in [-0.2, -0.15) is 5.10 Å². The molecule has 0 radical (unpaired) electrons. The van der Waals surface area contributed by atoms with E-state index in [2.05, 4.69) is 10.4 Å². The van der Waals surface area contributed by atoms with Crippen molar-refractivity contribution in [3.8, 4) is 17.2 Å². The normalized spacial score (nSPS) is 16.3. The SMILES string of the molecule is CCn1nccc1[C@H]1CCCN1C(=O)Nc1cc(OC)c(OC)c(OC)c1. The number of anilines is 1. The van der Waals surface area contributed by atoms with Crippen LogP contribution in [0, 0.1) is 0 Å². The van der Waals surface area contributed by atoms with Crippen LogP contribution in [0.15, 0.2) is 24.4 Å². The van der Waals surface area contributed by atoms with E-state index in [-0.39, 0.29) is 12.1 Å². The van der Waals surface area contributed by atoms with E-state index >= 15 is 0 Å². The van der Waals surface area contributed by atoms with E-state index in [0.717, 1.165) is 25.1 Å². The standard InChI is InChI=1S/C19H26N4O4/c1-5-23-15(8-9-20-23)14-7-6-10-22(14)19(24)21-13-11-16(25-2)18(27-4)17(12-13)26-3/h8-9,11-12,14H,5-7,10H2,1-4H3,(H,21,24)/t14-/m1/s1. The molecule has 2 amide bonds. The number of amides is 2. The second-order valence-electron chi connectivity index (χ2n) is 6.27. The van der Waals surface area contributed by atoms with Crippen LogP contribution in [0.2, 0.25) is 0 Å². The minimum atomic E-state index is -0.157. The van der Waals surface area contributed by atoms with E-state index in [1.165, 1.54) is 0 Å². The summed E-state index contributed by atoms with van der Waals surface area (Å²) in [4.78, 5) is 14.8. The number of benzene rings is 1. The number of aromatic nitrogens is 2. The summed E-state index contributed by atoms with van der Waals surface area (Å²) in [6.07, 6.45) is 3.67. The maximum Gasteiger partial charge on any atom is 0.322 e. The van der Waals surface area contributed by atoms with E-state index in [9.17, 15) is 4.79 Å². The summed E-state index contributed by atoms with van der Waals surface area (Å²) >= 11 is 0. The molecule has 8 nitrogen and oxygen atoms in total. The summed E-state index contributed by atoms with van der Waals surface area (Å²) in [5.74, 6) is 1.48. The molecule has 0 saturated carbocycles. The average molecular weight is 374 g/mol. The molecule has 0 spiro atoms. The Hall–Kier alpha value is -2.90. The number of nitrogens with zero attached hydrogens (tertiary/aromatic N) is 3. The molecule has 0 unspecified atom stereocenters. The third-order valence-corrected chi connectivity index (χ3v) is 4.82. The van der Waals surface area contributed by atoms with Gasteiger partial charge in [-0.05, 0) is 25.8 Å². The summed E-state index contributed by atoms with van der Waals surface area (Å²) in [5, 5.41) is 7.29. The van der Waals surface area contributed by atoms with Gasteiger partial charge < -0.3 is 24.4 Å². The van der Waals surface area contributed by atoms with Gasteiger partial charge in [0.2, 0.25) is 5.75 Å². The van der Waals surface area contributed by atoms with E-state index < -0.39 is 0 Å². The fraction of sp³-hybridized carbons (Fsp3) is 0.474. The molecule has 1 aliphatic rings. The monoisotopic (exact) mass is 374 g/mol. The Kier molecular flexibility index (Phi) is 5.73. The molecule has 2 heterocycles. The first-order chi connectivity index (χ1) is 13.1. The van der Waals surface area contributed by atoms with Gasteiger partial charge >= 0.3 is 6.03 Å². The Bertz CT molecular complexity index is 780. The average Bonchev–Trinajstić information content (AvgIpc) is 3.35. The fourth-order valence-electron chi connectivity index (χ4n) is 3.56. The molecule has 0 bridgehead atoms. The van der Waals surface area contributed by atoms with Crippen LogP contribution >= 0.6 is 0 Å². The van der Waals surface area contributed by atoms with Crippen LogP contribution in [-0.4, -0.2) is 48.6 Å². The number of hydrogen-bond donors (Lipinski definition) is 1. The summed E-state index contributed by atoms with van der Waals surface area (Å²) in [6.45, 7) is 3.53. The van der Waals surface area contributed by atoms with Gasteiger partial charge in [0.25, 0.3) is 0 Å². The highest BCUT2D eigenvalue weighted by atomic mass is 16.5. The van der Waals surface area contributed by atoms with Crippen molar-refractivity contribution in [2.24, 2.45) is 0 Å². The van der Waals surface area contributed by atoms with E-state index in [1.807, 2.05) is 22.6 Å². The van der Waals surface area contributed by atoms with E-state index in [0.29, 0.717) is 29.5 Å². The molecule has 8 heteroatoms. The summed E-state index contributed by atoms with van der Waals surface area (Å²) in [6, 6.07) is 5.30. The molecule has 2 aromatic rings. The smallest absolute Gasteiger partial charge is 0.322 e. The topological polar surface area (TPSA) is 77.9 Å². The fourth-order valence-corrected chi connectivity index (χ4v) is 3.56. The zero-order valence-electron chi connectivity index (χ0n) is 16.2. The molecule has 27 heavy (non-hydrogen) atoms. The summed E-state index contributed by atoms with van der Waals surface area (Å²) in [7, 11) is 4.64. The highest BCUT2D eigenvalue weighted by molar-refractivity contribution is 5.90. The molecular weight excluding hydrogens is 348 g/mol. The number of carbonyl (C=O) groups is 1. The Morgan fingerprint density at radius 2 is 1.93 bits per heavy atom. The van der Waals surface area contributed by atoms with Gasteiger partial charge in [-0.25, -0.2) is 4.79 Å². The first-order valence-electron chi connectivity index (χ1n) is 9.02. The minimum Gasteiger partial charge on any atom is -0.493 e. The Morgan fingerprint density at radius 1 is 1.22 bits per heavy atom. The third-order valence-electron chi connectivity index (χ3n) is 4.82. The van der Waals surface area contributed by atoms with Crippen LogP contribution in [-0.2, 0) is 6.54 Å². The van der Waals surface area contributed by atoms with Crippen molar-refractivity contribution in [3.05, 3.63) is 30.1 Å². The lowest BCUT2D eigenvalue weighted by atomic mass is 10.1. The van der Waals surface area contributed by atoms with Crippen molar-refractivity contribution in [2.75, 3.05) is 33.2 Å². The van der Waals surface area contributed by atoms with Crippen LogP contribution in [0.25, 0.3) is 0 Å². The first-order valence-corrected chi connectivity index (χ1v) is 9.02. The third kappa shape index (κ3) is 3.65. The second kappa shape index (κ2) is 8.20. The van der Waals surface area contributed by atoms with Gasteiger partial charge in [-0.15, -0.1) is 0 Å².